The van der Waals surface area contributed by atoms with Gasteiger partial charge in [-0.05, 0) is 40.3 Å². The van der Waals surface area contributed by atoms with Gasteiger partial charge in [-0.2, -0.15) is 0 Å². The summed E-state index contributed by atoms with van der Waals surface area (Å²) in [6.45, 7) is 4.38. The zero-order valence-electron chi connectivity index (χ0n) is 8.71. The van der Waals surface area contributed by atoms with E-state index in [0.717, 1.165) is 12.5 Å². The van der Waals surface area contributed by atoms with Gasteiger partial charge in [0.2, 0.25) is 0 Å². The van der Waals surface area contributed by atoms with Crippen LogP contribution in [-0.4, -0.2) is 37.2 Å². The first kappa shape index (κ1) is 10.0. The summed E-state index contributed by atoms with van der Waals surface area (Å²) < 4.78 is 5.79. The van der Waals surface area contributed by atoms with Gasteiger partial charge in [-0.15, -0.1) is 0 Å². The molecule has 2 heteroatoms. The molecule has 12 heavy (non-hydrogen) atoms. The molecule has 0 saturated carbocycles. The van der Waals surface area contributed by atoms with Crippen LogP contribution in [0.5, 0.6) is 0 Å². The van der Waals surface area contributed by atoms with E-state index in [-0.39, 0.29) is 0 Å². The average Bonchev–Trinajstić information content (AvgIpc) is 2.03. The number of hydrogen-bond donors (Lipinski definition) is 0. The number of ether oxygens (including phenoxy) is 1. The molecule has 0 N–H and O–H groups in total. The van der Waals surface area contributed by atoms with E-state index in [1.807, 2.05) is 0 Å². The van der Waals surface area contributed by atoms with Crippen molar-refractivity contribution in [3.63, 3.8) is 0 Å². The second-order valence-corrected chi connectivity index (χ2v) is 4.07. The highest BCUT2D eigenvalue weighted by Gasteiger charge is 2.26. The Morgan fingerprint density at radius 1 is 1.33 bits per heavy atom. The Bertz CT molecular complexity index is 136. The summed E-state index contributed by atoms with van der Waals surface area (Å²) in [5, 5.41) is 0. The molecule has 72 valence electrons. The van der Waals surface area contributed by atoms with Gasteiger partial charge in [0.15, 0.2) is 0 Å². The number of nitrogens with zero attached hydrogens (tertiary/aromatic N) is 1. The number of hydrogen-bond acceptors (Lipinski definition) is 2. The first-order chi connectivity index (χ1) is 5.63. The largest absolute Gasteiger partial charge is 0.375 e. The van der Waals surface area contributed by atoms with Crippen LogP contribution in [0.2, 0.25) is 0 Å². The molecule has 0 radical (unpaired) electrons. The fraction of sp³-hybridized carbons (Fsp3) is 1.00. The zero-order chi connectivity index (χ0) is 9.14. The van der Waals surface area contributed by atoms with Crippen molar-refractivity contribution in [1.82, 2.24) is 4.90 Å². The summed E-state index contributed by atoms with van der Waals surface area (Å²) in [4.78, 5) is 2.32. The Hall–Kier alpha value is -0.0800. The minimum absolute atomic E-state index is 0.441. The van der Waals surface area contributed by atoms with Crippen LogP contribution in [0.25, 0.3) is 0 Å². The van der Waals surface area contributed by atoms with E-state index in [1.54, 1.807) is 0 Å². The maximum Gasteiger partial charge on any atom is 0.0591 e. The molecule has 0 aromatic carbocycles. The van der Waals surface area contributed by atoms with Crippen molar-refractivity contribution < 1.29 is 4.74 Å². The van der Waals surface area contributed by atoms with E-state index in [0.29, 0.717) is 12.2 Å². The molecule has 0 aliphatic carbocycles. The minimum Gasteiger partial charge on any atom is -0.375 e. The quantitative estimate of drug-likeness (QED) is 0.629. The fourth-order valence-electron chi connectivity index (χ4n) is 1.91. The second kappa shape index (κ2) is 4.24. The molecule has 0 aromatic rings. The topological polar surface area (TPSA) is 12.5 Å². The van der Waals surface area contributed by atoms with Gasteiger partial charge in [-0.3, -0.25) is 0 Å². The van der Waals surface area contributed by atoms with Crippen molar-refractivity contribution in [2.75, 3.05) is 14.1 Å². The third kappa shape index (κ3) is 2.46. The molecule has 1 rings (SSSR count). The lowest BCUT2D eigenvalue weighted by Gasteiger charge is -2.36. The predicted octanol–water partition coefficient (Wildman–Crippen LogP) is 1.89. The van der Waals surface area contributed by atoms with Crippen molar-refractivity contribution in [3.8, 4) is 0 Å². The summed E-state index contributed by atoms with van der Waals surface area (Å²) in [6.07, 6.45) is 4.46. The first-order valence-electron chi connectivity index (χ1n) is 4.95. The van der Waals surface area contributed by atoms with Gasteiger partial charge in [0.05, 0.1) is 12.2 Å². The average molecular weight is 171 g/mol. The van der Waals surface area contributed by atoms with E-state index < -0.39 is 0 Å². The standard InChI is InChI=1S/C10H21NO/c1-5-10-7-9(11(3)4)6-8(2)12-10/h8-10H,5-7H2,1-4H3/t8?,9-,10?/m0/s1. The Balaban J connectivity index is 2.45. The summed E-state index contributed by atoms with van der Waals surface area (Å²) in [6, 6.07) is 0.721. The van der Waals surface area contributed by atoms with Gasteiger partial charge in [-0.1, -0.05) is 6.92 Å². The molecular formula is C10H21NO. The molecule has 1 heterocycles. The van der Waals surface area contributed by atoms with Crippen molar-refractivity contribution >= 4 is 0 Å². The highest BCUT2D eigenvalue weighted by atomic mass is 16.5. The third-order valence-corrected chi connectivity index (χ3v) is 2.75. The van der Waals surface area contributed by atoms with Gasteiger partial charge < -0.3 is 9.64 Å². The number of rotatable bonds is 2. The van der Waals surface area contributed by atoms with Gasteiger partial charge in [0, 0.05) is 6.04 Å². The predicted molar refractivity (Wildman–Crippen MR) is 51.3 cm³/mol. The minimum atomic E-state index is 0.441. The first-order valence-corrected chi connectivity index (χ1v) is 4.95. The van der Waals surface area contributed by atoms with Gasteiger partial charge in [0.1, 0.15) is 0 Å². The molecule has 0 bridgehead atoms. The van der Waals surface area contributed by atoms with Crippen LogP contribution in [0.3, 0.4) is 0 Å². The highest BCUT2D eigenvalue weighted by Crippen LogP contribution is 2.23. The highest BCUT2D eigenvalue weighted by molar-refractivity contribution is 4.79. The molecule has 1 aliphatic rings. The van der Waals surface area contributed by atoms with E-state index in [2.05, 4.69) is 32.8 Å². The zero-order valence-corrected chi connectivity index (χ0v) is 8.71. The van der Waals surface area contributed by atoms with Gasteiger partial charge in [0.25, 0.3) is 0 Å². The molecule has 2 unspecified atom stereocenters. The van der Waals surface area contributed by atoms with Gasteiger partial charge >= 0.3 is 0 Å². The van der Waals surface area contributed by atoms with Crippen LogP contribution in [-0.2, 0) is 4.74 Å². The molecule has 1 saturated heterocycles. The van der Waals surface area contributed by atoms with Crippen LogP contribution in [0, 0.1) is 0 Å². The van der Waals surface area contributed by atoms with Crippen LogP contribution in [0.15, 0.2) is 0 Å². The van der Waals surface area contributed by atoms with Crippen LogP contribution >= 0.6 is 0 Å². The maximum atomic E-state index is 5.79. The lowest BCUT2D eigenvalue weighted by Crippen LogP contribution is -2.41. The summed E-state index contributed by atoms with van der Waals surface area (Å²) in [7, 11) is 4.32. The SMILES string of the molecule is CCC1C[C@@H](N(C)C)CC(C)O1. The van der Waals surface area contributed by atoms with E-state index in [1.165, 1.54) is 12.8 Å². The molecule has 0 spiro atoms. The Kier molecular flexibility index (Phi) is 3.53. The van der Waals surface area contributed by atoms with Crippen LogP contribution in [0.1, 0.15) is 33.1 Å². The summed E-state index contributed by atoms with van der Waals surface area (Å²) in [5.74, 6) is 0. The van der Waals surface area contributed by atoms with Crippen molar-refractivity contribution in [2.45, 2.75) is 51.4 Å². The molecular weight excluding hydrogens is 150 g/mol. The van der Waals surface area contributed by atoms with Crippen molar-refractivity contribution in [2.24, 2.45) is 0 Å². The Labute approximate surface area is 75.9 Å². The van der Waals surface area contributed by atoms with E-state index >= 15 is 0 Å². The molecule has 3 atom stereocenters. The molecule has 2 nitrogen and oxygen atoms in total. The summed E-state index contributed by atoms with van der Waals surface area (Å²) in [5.41, 5.74) is 0. The molecule has 0 amide bonds. The normalized spacial score (nSPS) is 37.2. The van der Waals surface area contributed by atoms with Crippen LogP contribution in [0.4, 0.5) is 0 Å². The molecule has 1 aliphatic heterocycles. The Morgan fingerprint density at radius 2 is 2.00 bits per heavy atom. The molecule has 1 fully saturated rings. The maximum absolute atomic E-state index is 5.79. The summed E-state index contributed by atoms with van der Waals surface area (Å²) >= 11 is 0. The lowest BCUT2D eigenvalue weighted by molar-refractivity contribution is -0.0679. The van der Waals surface area contributed by atoms with E-state index in [9.17, 15) is 0 Å². The van der Waals surface area contributed by atoms with E-state index in [4.69, 9.17) is 4.74 Å². The molecule has 0 aromatic heterocycles. The van der Waals surface area contributed by atoms with Crippen molar-refractivity contribution in [3.05, 3.63) is 0 Å². The van der Waals surface area contributed by atoms with Crippen molar-refractivity contribution in [1.29, 1.82) is 0 Å². The smallest absolute Gasteiger partial charge is 0.0591 e. The Morgan fingerprint density at radius 3 is 2.50 bits per heavy atom. The second-order valence-electron chi connectivity index (χ2n) is 4.07. The van der Waals surface area contributed by atoms with Crippen LogP contribution < -0.4 is 0 Å². The fourth-order valence-corrected chi connectivity index (χ4v) is 1.91. The van der Waals surface area contributed by atoms with Gasteiger partial charge in [-0.25, -0.2) is 0 Å². The third-order valence-electron chi connectivity index (χ3n) is 2.75. The lowest BCUT2D eigenvalue weighted by atomic mass is 9.97. The monoisotopic (exact) mass is 171 g/mol.